The molecule has 0 saturated heterocycles. The highest BCUT2D eigenvalue weighted by Crippen LogP contribution is 2.33. The van der Waals surface area contributed by atoms with Gasteiger partial charge in [0.05, 0.1) is 6.61 Å². The molecule has 0 aromatic heterocycles. The summed E-state index contributed by atoms with van der Waals surface area (Å²) in [6.45, 7) is 13.3. The van der Waals surface area contributed by atoms with Crippen LogP contribution in [-0.4, -0.2) is 28.6 Å². The SMILES string of the molecule is CCCCC(CCCC)(COC)CO[Si](C)(C)CCC. The molecule has 0 fully saturated rings. The van der Waals surface area contributed by atoms with Gasteiger partial charge in [-0.1, -0.05) is 52.9 Å². The number of hydrogen-bond acceptors (Lipinski definition) is 2. The van der Waals surface area contributed by atoms with Crippen molar-refractivity contribution in [3.05, 3.63) is 0 Å². The fourth-order valence-corrected chi connectivity index (χ4v) is 4.93. The minimum Gasteiger partial charge on any atom is -0.417 e. The predicted octanol–water partition coefficient (Wildman–Crippen LogP) is 5.63. The maximum absolute atomic E-state index is 6.44. The van der Waals surface area contributed by atoms with Gasteiger partial charge in [0, 0.05) is 19.1 Å². The molecule has 0 aliphatic heterocycles. The minimum atomic E-state index is -1.48. The van der Waals surface area contributed by atoms with E-state index in [-0.39, 0.29) is 5.41 Å². The van der Waals surface area contributed by atoms with Crippen molar-refractivity contribution >= 4 is 8.32 Å². The van der Waals surface area contributed by atoms with Crippen LogP contribution in [0.2, 0.25) is 19.1 Å². The Balaban J connectivity index is 4.68. The highest BCUT2D eigenvalue weighted by molar-refractivity contribution is 6.71. The van der Waals surface area contributed by atoms with Gasteiger partial charge in [0.15, 0.2) is 8.32 Å². The molecule has 0 aromatic carbocycles. The van der Waals surface area contributed by atoms with Gasteiger partial charge in [-0.05, 0) is 32.0 Å². The number of ether oxygens (including phenoxy) is 1. The molecule has 0 heterocycles. The predicted molar refractivity (Wildman–Crippen MR) is 91.9 cm³/mol. The zero-order valence-electron chi connectivity index (χ0n) is 14.9. The van der Waals surface area contributed by atoms with Crippen LogP contribution >= 0.6 is 0 Å². The maximum Gasteiger partial charge on any atom is 0.186 e. The smallest absolute Gasteiger partial charge is 0.186 e. The second kappa shape index (κ2) is 10.8. The van der Waals surface area contributed by atoms with E-state index in [9.17, 15) is 0 Å². The van der Waals surface area contributed by atoms with Crippen LogP contribution in [0.1, 0.15) is 65.7 Å². The molecule has 0 radical (unpaired) electrons. The summed E-state index contributed by atoms with van der Waals surface area (Å²) in [5, 5.41) is 0. The van der Waals surface area contributed by atoms with Gasteiger partial charge in [0.1, 0.15) is 0 Å². The quantitative estimate of drug-likeness (QED) is 0.410. The number of methoxy groups -OCH3 is 1. The van der Waals surface area contributed by atoms with Crippen LogP contribution in [0, 0.1) is 5.41 Å². The topological polar surface area (TPSA) is 18.5 Å². The minimum absolute atomic E-state index is 0.249. The van der Waals surface area contributed by atoms with Crippen molar-refractivity contribution in [3.63, 3.8) is 0 Å². The molecule has 0 aromatic rings. The van der Waals surface area contributed by atoms with Crippen molar-refractivity contribution in [1.29, 1.82) is 0 Å². The summed E-state index contributed by atoms with van der Waals surface area (Å²) in [5.74, 6) is 0. The Morgan fingerprint density at radius 1 is 0.850 bits per heavy atom. The maximum atomic E-state index is 6.44. The molecule has 0 rings (SSSR count). The fourth-order valence-electron chi connectivity index (χ4n) is 2.89. The van der Waals surface area contributed by atoms with Gasteiger partial charge >= 0.3 is 0 Å². The zero-order chi connectivity index (χ0) is 15.5. The van der Waals surface area contributed by atoms with E-state index in [2.05, 4.69) is 33.9 Å². The molecule has 0 N–H and O–H groups in total. The molecule has 0 bridgehead atoms. The summed E-state index contributed by atoms with van der Waals surface area (Å²) in [5.41, 5.74) is 0.249. The standard InChI is InChI=1S/C17H38O2Si/c1-7-10-12-17(15-18-4,13-11-8-2)16-19-20(5,6)14-9-3/h7-16H2,1-6H3. The van der Waals surface area contributed by atoms with E-state index in [1.165, 1.54) is 51.0 Å². The monoisotopic (exact) mass is 302 g/mol. The van der Waals surface area contributed by atoms with Crippen molar-refractivity contribution < 1.29 is 9.16 Å². The summed E-state index contributed by atoms with van der Waals surface area (Å²) in [4.78, 5) is 0. The second-order valence-electron chi connectivity index (χ2n) is 6.94. The molecule has 2 nitrogen and oxygen atoms in total. The number of hydrogen-bond donors (Lipinski definition) is 0. The van der Waals surface area contributed by atoms with E-state index >= 15 is 0 Å². The van der Waals surface area contributed by atoms with Gasteiger partial charge in [0.2, 0.25) is 0 Å². The van der Waals surface area contributed by atoms with Crippen LogP contribution in [0.3, 0.4) is 0 Å². The van der Waals surface area contributed by atoms with Gasteiger partial charge in [-0.25, -0.2) is 0 Å². The lowest BCUT2D eigenvalue weighted by Gasteiger charge is -2.36. The summed E-state index contributed by atoms with van der Waals surface area (Å²) in [6, 6.07) is 1.26. The third-order valence-corrected chi connectivity index (χ3v) is 6.82. The first-order chi connectivity index (χ1) is 9.45. The summed E-state index contributed by atoms with van der Waals surface area (Å²) >= 11 is 0. The Morgan fingerprint density at radius 3 is 1.80 bits per heavy atom. The van der Waals surface area contributed by atoms with Gasteiger partial charge in [-0.15, -0.1) is 0 Å². The molecule has 0 aliphatic carbocycles. The second-order valence-corrected chi connectivity index (χ2v) is 11.2. The van der Waals surface area contributed by atoms with E-state index in [4.69, 9.17) is 9.16 Å². The molecule has 0 amide bonds. The summed E-state index contributed by atoms with van der Waals surface area (Å²) in [7, 11) is 0.358. The molecule has 0 spiro atoms. The number of unbranched alkanes of at least 4 members (excludes halogenated alkanes) is 2. The van der Waals surface area contributed by atoms with Crippen LogP contribution in [-0.2, 0) is 9.16 Å². The fraction of sp³-hybridized carbons (Fsp3) is 1.00. The third-order valence-electron chi connectivity index (χ3n) is 4.19. The van der Waals surface area contributed by atoms with E-state index in [0.29, 0.717) is 0 Å². The van der Waals surface area contributed by atoms with Crippen LogP contribution in [0.4, 0.5) is 0 Å². The normalized spacial score (nSPS) is 12.9. The molecular formula is C17H38O2Si. The largest absolute Gasteiger partial charge is 0.417 e. The number of rotatable bonds is 13. The van der Waals surface area contributed by atoms with Gasteiger partial charge in [0.25, 0.3) is 0 Å². The molecule has 0 atom stereocenters. The Hall–Kier alpha value is 0.137. The molecule has 0 aliphatic rings. The first-order valence-corrected chi connectivity index (χ1v) is 11.7. The van der Waals surface area contributed by atoms with Crippen LogP contribution in [0.25, 0.3) is 0 Å². The van der Waals surface area contributed by atoms with Crippen molar-refractivity contribution in [2.45, 2.75) is 84.9 Å². The van der Waals surface area contributed by atoms with Crippen LogP contribution in [0.15, 0.2) is 0 Å². The first kappa shape index (κ1) is 20.1. The van der Waals surface area contributed by atoms with E-state index in [0.717, 1.165) is 13.2 Å². The summed E-state index contributed by atoms with van der Waals surface area (Å²) in [6.07, 6.45) is 8.81. The van der Waals surface area contributed by atoms with Crippen molar-refractivity contribution in [2.75, 3.05) is 20.3 Å². The summed E-state index contributed by atoms with van der Waals surface area (Å²) < 4.78 is 12.0. The molecule has 3 heteroatoms. The van der Waals surface area contributed by atoms with Crippen LogP contribution < -0.4 is 0 Å². The highest BCUT2D eigenvalue weighted by Gasteiger charge is 2.32. The Morgan fingerprint density at radius 2 is 1.40 bits per heavy atom. The van der Waals surface area contributed by atoms with Crippen molar-refractivity contribution in [2.24, 2.45) is 5.41 Å². The Bertz CT molecular complexity index is 221. The van der Waals surface area contributed by atoms with Crippen molar-refractivity contribution in [3.8, 4) is 0 Å². The van der Waals surface area contributed by atoms with Gasteiger partial charge in [-0.3, -0.25) is 0 Å². The first-order valence-electron chi connectivity index (χ1n) is 8.58. The van der Waals surface area contributed by atoms with Gasteiger partial charge in [-0.2, -0.15) is 0 Å². The lowest BCUT2D eigenvalue weighted by Crippen LogP contribution is -2.39. The lowest BCUT2D eigenvalue weighted by atomic mass is 9.80. The van der Waals surface area contributed by atoms with E-state index in [1.807, 2.05) is 7.11 Å². The van der Waals surface area contributed by atoms with Gasteiger partial charge < -0.3 is 9.16 Å². The molecule has 20 heavy (non-hydrogen) atoms. The van der Waals surface area contributed by atoms with Crippen molar-refractivity contribution in [1.82, 2.24) is 0 Å². The van der Waals surface area contributed by atoms with E-state index < -0.39 is 8.32 Å². The zero-order valence-corrected chi connectivity index (χ0v) is 15.9. The molecule has 0 unspecified atom stereocenters. The average molecular weight is 303 g/mol. The van der Waals surface area contributed by atoms with E-state index in [1.54, 1.807) is 0 Å². The Labute approximate surface area is 128 Å². The lowest BCUT2D eigenvalue weighted by molar-refractivity contribution is 0.0192. The van der Waals surface area contributed by atoms with Crippen LogP contribution in [0.5, 0.6) is 0 Å². The Kier molecular flexibility index (Phi) is 10.9. The third kappa shape index (κ3) is 8.43. The molecule has 0 saturated carbocycles. The molecule has 122 valence electrons. The highest BCUT2D eigenvalue weighted by atomic mass is 28.4. The molecular weight excluding hydrogens is 264 g/mol. The average Bonchev–Trinajstić information content (AvgIpc) is 2.40.